The predicted molar refractivity (Wildman–Crippen MR) is 73.0 cm³/mol. The summed E-state index contributed by atoms with van der Waals surface area (Å²) in [4.78, 5) is 0. The SMILES string of the molecule is COc1ccc(NCc2cc(C)nn2C)cc1C. The summed E-state index contributed by atoms with van der Waals surface area (Å²) in [6.45, 7) is 4.81. The Balaban J connectivity index is 2.06. The van der Waals surface area contributed by atoms with E-state index in [1.54, 1.807) is 7.11 Å². The Bertz CT molecular complexity index is 546. The fraction of sp³-hybridized carbons (Fsp3) is 0.357. The summed E-state index contributed by atoms with van der Waals surface area (Å²) < 4.78 is 7.14. The maximum absolute atomic E-state index is 5.24. The van der Waals surface area contributed by atoms with Gasteiger partial charge in [0.2, 0.25) is 0 Å². The third-order valence-electron chi connectivity index (χ3n) is 2.97. The molecule has 0 saturated heterocycles. The number of hydrogen-bond donors (Lipinski definition) is 1. The van der Waals surface area contributed by atoms with Crippen LogP contribution in [0.5, 0.6) is 5.75 Å². The lowest BCUT2D eigenvalue weighted by Gasteiger charge is -2.10. The van der Waals surface area contributed by atoms with E-state index in [4.69, 9.17) is 4.74 Å². The maximum atomic E-state index is 5.24. The Morgan fingerprint density at radius 2 is 2.06 bits per heavy atom. The summed E-state index contributed by atoms with van der Waals surface area (Å²) in [5.41, 5.74) is 4.43. The van der Waals surface area contributed by atoms with Crippen molar-refractivity contribution in [3.05, 3.63) is 41.2 Å². The van der Waals surface area contributed by atoms with Crippen LogP contribution in [0.3, 0.4) is 0 Å². The van der Waals surface area contributed by atoms with Crippen molar-refractivity contribution in [2.75, 3.05) is 12.4 Å². The number of methoxy groups -OCH3 is 1. The lowest BCUT2D eigenvalue weighted by molar-refractivity contribution is 0.412. The van der Waals surface area contributed by atoms with Crippen LogP contribution in [0.25, 0.3) is 0 Å². The summed E-state index contributed by atoms with van der Waals surface area (Å²) in [6, 6.07) is 8.17. The number of rotatable bonds is 4. The number of hydrogen-bond acceptors (Lipinski definition) is 3. The van der Waals surface area contributed by atoms with Gasteiger partial charge in [0.25, 0.3) is 0 Å². The fourth-order valence-corrected chi connectivity index (χ4v) is 2.01. The smallest absolute Gasteiger partial charge is 0.121 e. The van der Waals surface area contributed by atoms with E-state index >= 15 is 0 Å². The molecule has 1 N–H and O–H groups in total. The minimum Gasteiger partial charge on any atom is -0.496 e. The van der Waals surface area contributed by atoms with Crippen LogP contribution in [0.2, 0.25) is 0 Å². The van der Waals surface area contributed by atoms with Gasteiger partial charge in [0.15, 0.2) is 0 Å². The molecule has 4 heteroatoms. The highest BCUT2D eigenvalue weighted by atomic mass is 16.5. The van der Waals surface area contributed by atoms with Gasteiger partial charge in [0.1, 0.15) is 5.75 Å². The van der Waals surface area contributed by atoms with Gasteiger partial charge in [-0.25, -0.2) is 0 Å². The predicted octanol–water partition coefficient (Wildman–Crippen LogP) is 2.66. The maximum Gasteiger partial charge on any atom is 0.121 e. The van der Waals surface area contributed by atoms with Gasteiger partial charge in [-0.1, -0.05) is 0 Å². The molecule has 0 aliphatic heterocycles. The number of anilines is 1. The Hall–Kier alpha value is -1.97. The Morgan fingerprint density at radius 1 is 1.28 bits per heavy atom. The summed E-state index contributed by atoms with van der Waals surface area (Å²) in [7, 11) is 3.65. The van der Waals surface area contributed by atoms with Crippen LogP contribution >= 0.6 is 0 Å². The van der Waals surface area contributed by atoms with Gasteiger partial charge >= 0.3 is 0 Å². The molecule has 0 saturated carbocycles. The first-order chi connectivity index (χ1) is 8.60. The van der Waals surface area contributed by atoms with Crippen LogP contribution in [0, 0.1) is 13.8 Å². The average molecular weight is 245 g/mol. The molecular weight excluding hydrogens is 226 g/mol. The second-order valence-corrected chi connectivity index (χ2v) is 4.44. The molecule has 4 nitrogen and oxygen atoms in total. The lowest BCUT2D eigenvalue weighted by atomic mass is 10.2. The zero-order chi connectivity index (χ0) is 13.1. The van der Waals surface area contributed by atoms with E-state index < -0.39 is 0 Å². The van der Waals surface area contributed by atoms with Gasteiger partial charge in [-0.2, -0.15) is 5.10 Å². The van der Waals surface area contributed by atoms with Crippen LogP contribution in [-0.4, -0.2) is 16.9 Å². The molecule has 0 spiro atoms. The van der Waals surface area contributed by atoms with E-state index in [1.165, 1.54) is 5.69 Å². The van der Waals surface area contributed by atoms with E-state index in [2.05, 4.69) is 22.5 Å². The van der Waals surface area contributed by atoms with Crippen molar-refractivity contribution in [3.8, 4) is 5.75 Å². The minimum atomic E-state index is 0.767. The van der Waals surface area contributed by atoms with Crippen LogP contribution in [-0.2, 0) is 13.6 Å². The van der Waals surface area contributed by atoms with Crippen LogP contribution < -0.4 is 10.1 Å². The average Bonchev–Trinajstić information content (AvgIpc) is 2.65. The molecule has 1 aromatic carbocycles. The van der Waals surface area contributed by atoms with Crippen molar-refractivity contribution >= 4 is 5.69 Å². The molecule has 1 heterocycles. The molecule has 0 aliphatic carbocycles. The molecule has 0 fully saturated rings. The summed E-state index contributed by atoms with van der Waals surface area (Å²) in [5, 5.41) is 7.72. The van der Waals surface area contributed by atoms with E-state index in [-0.39, 0.29) is 0 Å². The first-order valence-electron chi connectivity index (χ1n) is 5.98. The van der Waals surface area contributed by atoms with Gasteiger partial charge in [-0.3, -0.25) is 4.68 Å². The first-order valence-corrected chi connectivity index (χ1v) is 5.98. The molecule has 18 heavy (non-hydrogen) atoms. The molecule has 0 amide bonds. The van der Waals surface area contributed by atoms with E-state index in [9.17, 15) is 0 Å². The summed E-state index contributed by atoms with van der Waals surface area (Å²) in [5.74, 6) is 0.914. The highest BCUT2D eigenvalue weighted by molar-refractivity contribution is 5.50. The second kappa shape index (κ2) is 5.12. The largest absolute Gasteiger partial charge is 0.496 e. The van der Waals surface area contributed by atoms with Crippen molar-refractivity contribution in [1.82, 2.24) is 9.78 Å². The van der Waals surface area contributed by atoms with Crippen molar-refractivity contribution in [2.24, 2.45) is 7.05 Å². The van der Waals surface area contributed by atoms with Gasteiger partial charge < -0.3 is 10.1 Å². The van der Waals surface area contributed by atoms with Gasteiger partial charge in [0, 0.05) is 12.7 Å². The molecular formula is C14H19N3O. The quantitative estimate of drug-likeness (QED) is 0.900. The Morgan fingerprint density at radius 3 is 2.61 bits per heavy atom. The minimum absolute atomic E-state index is 0.767. The molecule has 2 rings (SSSR count). The first kappa shape index (κ1) is 12.5. The number of nitrogens with one attached hydrogen (secondary N) is 1. The highest BCUT2D eigenvalue weighted by Crippen LogP contribution is 2.21. The lowest BCUT2D eigenvalue weighted by Crippen LogP contribution is -2.05. The second-order valence-electron chi connectivity index (χ2n) is 4.44. The molecule has 1 aromatic heterocycles. The molecule has 0 atom stereocenters. The van der Waals surface area contributed by atoms with Crippen LogP contribution in [0.4, 0.5) is 5.69 Å². The third kappa shape index (κ3) is 2.64. The van der Waals surface area contributed by atoms with Crippen LogP contribution in [0.1, 0.15) is 17.0 Å². The third-order valence-corrected chi connectivity index (χ3v) is 2.97. The van der Waals surface area contributed by atoms with Gasteiger partial charge in [-0.05, 0) is 43.7 Å². The number of nitrogens with zero attached hydrogens (tertiary/aromatic N) is 2. The monoisotopic (exact) mass is 245 g/mol. The van der Waals surface area contributed by atoms with Crippen molar-refractivity contribution in [1.29, 1.82) is 0 Å². The van der Waals surface area contributed by atoms with Crippen molar-refractivity contribution in [2.45, 2.75) is 20.4 Å². The van der Waals surface area contributed by atoms with E-state index in [1.807, 2.05) is 37.7 Å². The van der Waals surface area contributed by atoms with Crippen molar-refractivity contribution < 1.29 is 4.74 Å². The zero-order valence-corrected chi connectivity index (χ0v) is 11.3. The van der Waals surface area contributed by atoms with Crippen molar-refractivity contribution in [3.63, 3.8) is 0 Å². The normalized spacial score (nSPS) is 10.4. The van der Waals surface area contributed by atoms with Crippen LogP contribution in [0.15, 0.2) is 24.3 Å². The van der Waals surface area contributed by atoms with E-state index in [0.717, 1.165) is 29.2 Å². The molecule has 0 aliphatic rings. The number of benzene rings is 1. The number of aromatic nitrogens is 2. The summed E-state index contributed by atoms with van der Waals surface area (Å²) >= 11 is 0. The summed E-state index contributed by atoms with van der Waals surface area (Å²) in [6.07, 6.45) is 0. The number of ether oxygens (including phenoxy) is 1. The molecule has 0 radical (unpaired) electrons. The standard InChI is InChI=1S/C14H19N3O/c1-10-7-12(5-6-14(10)18-4)15-9-13-8-11(2)16-17(13)3/h5-8,15H,9H2,1-4H3. The van der Waals surface area contributed by atoms with E-state index in [0.29, 0.717) is 0 Å². The molecule has 96 valence electrons. The highest BCUT2D eigenvalue weighted by Gasteiger charge is 2.03. The fourth-order valence-electron chi connectivity index (χ4n) is 2.01. The Kier molecular flexibility index (Phi) is 3.55. The van der Waals surface area contributed by atoms with Gasteiger partial charge in [-0.15, -0.1) is 0 Å². The van der Waals surface area contributed by atoms with Gasteiger partial charge in [0.05, 0.1) is 25.0 Å². The molecule has 0 bridgehead atoms. The Labute approximate surface area is 108 Å². The molecule has 0 unspecified atom stereocenters. The molecule has 2 aromatic rings. The topological polar surface area (TPSA) is 39.1 Å². The zero-order valence-electron chi connectivity index (χ0n) is 11.3. The number of aryl methyl sites for hydroxylation is 3.